The summed E-state index contributed by atoms with van der Waals surface area (Å²) in [5, 5.41) is 14.9. The van der Waals surface area contributed by atoms with Crippen LogP contribution < -0.4 is 5.32 Å². The fourth-order valence-electron chi connectivity index (χ4n) is 7.12. The SMILES string of the molecule is CO[C@H]1O[C@H](COCc2ccccc2)[C@@H](O[C@H]2O[C@H](C(=O)OC(C)(C)C)[C@@H](O)[C@H](OCc3ccccc3)[C@H]2OC(=O)c2ccccc2)[C@H](OCc2ccccc2)[C@H]1NC(C)=O. The summed E-state index contributed by atoms with van der Waals surface area (Å²) in [4.78, 5) is 40.6. The second-order valence-corrected chi connectivity index (χ2v) is 15.8. The maximum atomic E-state index is 13.9. The largest absolute Gasteiger partial charge is 0.458 e. The summed E-state index contributed by atoms with van der Waals surface area (Å²) in [7, 11) is 1.45. The maximum Gasteiger partial charge on any atom is 0.338 e. The molecule has 0 aromatic heterocycles. The Morgan fingerprint density at radius 2 is 1.20 bits per heavy atom. The molecular weight excluding hydrogens is 787 g/mol. The van der Waals surface area contributed by atoms with Gasteiger partial charge in [-0.25, -0.2) is 9.59 Å². The summed E-state index contributed by atoms with van der Waals surface area (Å²) in [5.74, 6) is -2.06. The van der Waals surface area contributed by atoms with Gasteiger partial charge in [0.1, 0.15) is 42.2 Å². The molecule has 2 fully saturated rings. The predicted molar refractivity (Wildman–Crippen MR) is 220 cm³/mol. The van der Waals surface area contributed by atoms with Gasteiger partial charge in [-0.3, -0.25) is 4.79 Å². The van der Waals surface area contributed by atoms with Crippen LogP contribution in [0.3, 0.4) is 0 Å². The van der Waals surface area contributed by atoms with Crippen molar-refractivity contribution >= 4 is 17.8 Å². The molecule has 2 saturated heterocycles. The van der Waals surface area contributed by atoms with Gasteiger partial charge in [-0.05, 0) is 49.6 Å². The fraction of sp³-hybridized carbons (Fsp3) is 0.426. The number of carbonyl (C=O) groups excluding carboxylic acids is 3. The lowest BCUT2D eigenvalue weighted by atomic mass is 9.94. The molecule has 6 rings (SSSR count). The second kappa shape index (κ2) is 21.7. The van der Waals surface area contributed by atoms with Crippen LogP contribution in [-0.2, 0) is 72.0 Å². The zero-order valence-electron chi connectivity index (χ0n) is 35.0. The van der Waals surface area contributed by atoms with Gasteiger partial charge in [0.25, 0.3) is 0 Å². The first-order valence-corrected chi connectivity index (χ1v) is 20.3. The maximum absolute atomic E-state index is 13.9. The first-order chi connectivity index (χ1) is 29.4. The van der Waals surface area contributed by atoms with Crippen LogP contribution in [0.1, 0.15) is 54.7 Å². The summed E-state index contributed by atoms with van der Waals surface area (Å²) in [5.41, 5.74) is 1.71. The van der Waals surface area contributed by atoms with Crippen LogP contribution in [0.25, 0.3) is 0 Å². The Bertz CT molecular complexity index is 1960. The molecule has 10 atom stereocenters. The molecule has 14 nitrogen and oxygen atoms in total. The number of rotatable bonds is 17. The van der Waals surface area contributed by atoms with Gasteiger partial charge in [0.05, 0.1) is 32.0 Å². The smallest absolute Gasteiger partial charge is 0.338 e. The summed E-state index contributed by atoms with van der Waals surface area (Å²) in [6.45, 7) is 6.60. The number of nitrogens with one attached hydrogen (secondary N) is 1. The lowest BCUT2D eigenvalue weighted by Crippen LogP contribution is -2.68. The minimum atomic E-state index is -1.70. The molecule has 0 saturated carbocycles. The Morgan fingerprint density at radius 1 is 0.672 bits per heavy atom. The molecule has 61 heavy (non-hydrogen) atoms. The van der Waals surface area contributed by atoms with Crippen molar-refractivity contribution in [1.82, 2.24) is 5.32 Å². The number of methoxy groups -OCH3 is 1. The Balaban J connectivity index is 1.42. The van der Waals surface area contributed by atoms with Gasteiger partial charge >= 0.3 is 11.9 Å². The highest BCUT2D eigenvalue weighted by Crippen LogP contribution is 2.35. The molecule has 4 aromatic rings. The number of hydrogen-bond acceptors (Lipinski definition) is 13. The van der Waals surface area contributed by atoms with E-state index in [2.05, 4.69) is 5.32 Å². The van der Waals surface area contributed by atoms with Crippen LogP contribution in [0.2, 0.25) is 0 Å². The molecule has 0 unspecified atom stereocenters. The molecular formula is C47H55NO13. The number of benzene rings is 4. The summed E-state index contributed by atoms with van der Waals surface area (Å²) in [6, 6.07) is 35.5. The Morgan fingerprint density at radius 3 is 1.72 bits per heavy atom. The molecule has 0 radical (unpaired) electrons. The molecule has 0 bridgehead atoms. The van der Waals surface area contributed by atoms with Crippen molar-refractivity contribution in [1.29, 1.82) is 0 Å². The third kappa shape index (κ3) is 12.8. The number of aliphatic hydroxyl groups excluding tert-OH is 1. The zero-order valence-corrected chi connectivity index (χ0v) is 35.0. The van der Waals surface area contributed by atoms with Crippen molar-refractivity contribution < 1.29 is 62.1 Å². The molecule has 0 aliphatic carbocycles. The summed E-state index contributed by atoms with van der Waals surface area (Å²) >= 11 is 0. The molecule has 0 spiro atoms. The molecule has 2 aliphatic heterocycles. The molecule has 1 amide bonds. The van der Waals surface area contributed by atoms with Crippen LogP contribution in [-0.4, -0.2) is 104 Å². The van der Waals surface area contributed by atoms with Crippen LogP contribution >= 0.6 is 0 Å². The van der Waals surface area contributed by atoms with Gasteiger partial charge in [-0.1, -0.05) is 109 Å². The van der Waals surface area contributed by atoms with Crippen LogP contribution in [0, 0.1) is 0 Å². The molecule has 4 aromatic carbocycles. The highest BCUT2D eigenvalue weighted by molar-refractivity contribution is 5.89. The second-order valence-electron chi connectivity index (χ2n) is 15.8. The quantitative estimate of drug-likeness (QED) is 0.132. The monoisotopic (exact) mass is 841 g/mol. The van der Waals surface area contributed by atoms with Crippen LogP contribution in [0.4, 0.5) is 0 Å². The zero-order chi connectivity index (χ0) is 43.4. The summed E-state index contributed by atoms with van der Waals surface area (Å²) in [6.07, 6.45) is -12.1. The minimum Gasteiger partial charge on any atom is -0.458 e. The number of carbonyl (C=O) groups is 3. The van der Waals surface area contributed by atoms with E-state index in [1.165, 1.54) is 14.0 Å². The number of esters is 2. The van der Waals surface area contributed by atoms with Crippen LogP contribution in [0.5, 0.6) is 0 Å². The Labute approximate surface area is 356 Å². The molecule has 14 heteroatoms. The number of hydrogen-bond donors (Lipinski definition) is 2. The lowest BCUT2D eigenvalue weighted by Gasteiger charge is -2.49. The van der Waals surface area contributed by atoms with Gasteiger partial charge in [0, 0.05) is 14.0 Å². The average Bonchev–Trinajstić information content (AvgIpc) is 3.25. The first kappa shape index (κ1) is 45.5. The van der Waals surface area contributed by atoms with Gasteiger partial charge in [-0.2, -0.15) is 0 Å². The van der Waals surface area contributed by atoms with Crippen molar-refractivity contribution in [2.75, 3.05) is 13.7 Å². The first-order valence-electron chi connectivity index (χ1n) is 20.3. The van der Waals surface area contributed by atoms with E-state index < -0.39 is 84.8 Å². The molecule has 2 aliphatic rings. The highest BCUT2D eigenvalue weighted by Gasteiger charge is 2.56. The van der Waals surface area contributed by atoms with E-state index in [1.54, 1.807) is 51.1 Å². The third-order valence-electron chi connectivity index (χ3n) is 9.92. The van der Waals surface area contributed by atoms with Gasteiger partial charge in [0.15, 0.2) is 24.8 Å². The number of aliphatic hydroxyl groups is 1. The van der Waals surface area contributed by atoms with Crippen molar-refractivity contribution in [2.24, 2.45) is 0 Å². The highest BCUT2D eigenvalue weighted by atomic mass is 16.8. The van der Waals surface area contributed by atoms with Crippen molar-refractivity contribution in [3.05, 3.63) is 144 Å². The number of ether oxygens (including phenoxy) is 9. The molecule has 326 valence electrons. The molecule has 2 N–H and O–H groups in total. The average molecular weight is 842 g/mol. The Hall–Kier alpha value is -5.03. The van der Waals surface area contributed by atoms with E-state index in [0.29, 0.717) is 0 Å². The normalized spacial score (nSPS) is 26.5. The van der Waals surface area contributed by atoms with Gasteiger partial charge < -0.3 is 53.1 Å². The third-order valence-corrected chi connectivity index (χ3v) is 9.92. The van der Waals surface area contributed by atoms with E-state index in [4.69, 9.17) is 42.6 Å². The molecule has 2 heterocycles. The topological polar surface area (TPSA) is 167 Å². The standard InChI is InChI=1S/C47H55NO13/c1-30(49)48-36-39(55-27-32-20-12-7-13-21-32)38(35(57-45(36)53-5)29-54-26-31-18-10-6-11-19-31)59-46-42(58-43(51)34-24-16-9-17-25-34)40(56-28-33-22-14-8-15-23-33)37(50)41(60-46)44(52)61-47(2,3)4/h6-25,35-42,45-46,50H,26-29H2,1-5H3,(H,48,49)/t35-,36-,37+,38-,39-,40+,41+,42-,45+,46+/m1/s1. The van der Waals surface area contributed by atoms with E-state index in [9.17, 15) is 19.5 Å². The predicted octanol–water partition coefficient (Wildman–Crippen LogP) is 5.29. The van der Waals surface area contributed by atoms with Crippen LogP contribution in [0.15, 0.2) is 121 Å². The van der Waals surface area contributed by atoms with Crippen molar-refractivity contribution in [3.8, 4) is 0 Å². The Kier molecular flexibility index (Phi) is 16.2. The van der Waals surface area contributed by atoms with Crippen molar-refractivity contribution in [3.63, 3.8) is 0 Å². The minimum absolute atomic E-state index is 0.0405. The number of amides is 1. The fourth-order valence-corrected chi connectivity index (χ4v) is 7.12. The van der Waals surface area contributed by atoms with Gasteiger partial charge in [0.2, 0.25) is 5.91 Å². The lowest BCUT2D eigenvalue weighted by molar-refractivity contribution is -0.350. The van der Waals surface area contributed by atoms with E-state index in [-0.39, 0.29) is 32.0 Å². The van der Waals surface area contributed by atoms with Crippen molar-refractivity contribution in [2.45, 2.75) is 114 Å². The van der Waals surface area contributed by atoms with E-state index in [1.807, 2.05) is 91.0 Å². The van der Waals surface area contributed by atoms with Gasteiger partial charge in [-0.15, -0.1) is 0 Å². The summed E-state index contributed by atoms with van der Waals surface area (Å²) < 4.78 is 56.7. The van der Waals surface area contributed by atoms with E-state index in [0.717, 1.165) is 16.7 Å². The van der Waals surface area contributed by atoms with E-state index >= 15 is 0 Å².